The van der Waals surface area contributed by atoms with Crippen LogP contribution in [0.2, 0.25) is 0 Å². The number of benzene rings is 1. The van der Waals surface area contributed by atoms with Crippen LogP contribution in [0.3, 0.4) is 0 Å². The van der Waals surface area contributed by atoms with Crippen LogP contribution in [-0.4, -0.2) is 52.8 Å². The molecule has 4 rings (SSSR count). The Morgan fingerprint density at radius 2 is 2.00 bits per heavy atom. The number of rotatable bonds is 5. The lowest BCUT2D eigenvalue weighted by atomic mass is 10.1. The van der Waals surface area contributed by atoms with E-state index in [-0.39, 0.29) is 5.91 Å². The molecule has 3 aromatic rings. The fourth-order valence-electron chi connectivity index (χ4n) is 3.11. The lowest BCUT2D eigenvalue weighted by Crippen LogP contribution is -2.40. The monoisotopic (exact) mass is 399 g/mol. The summed E-state index contributed by atoms with van der Waals surface area (Å²) in [6.07, 6.45) is 2.13. The molecule has 2 aromatic heterocycles. The molecule has 0 saturated carbocycles. The molecule has 1 aliphatic rings. The van der Waals surface area contributed by atoms with Crippen molar-refractivity contribution in [3.05, 3.63) is 41.5 Å². The van der Waals surface area contributed by atoms with Crippen LogP contribution in [0, 0.1) is 6.92 Å². The average molecular weight is 400 g/mol. The molecular formula is C20H21N3O2S2. The van der Waals surface area contributed by atoms with Crippen molar-refractivity contribution in [1.82, 2.24) is 14.9 Å². The van der Waals surface area contributed by atoms with E-state index < -0.39 is 0 Å². The van der Waals surface area contributed by atoms with Gasteiger partial charge < -0.3 is 9.64 Å². The van der Waals surface area contributed by atoms with Crippen molar-refractivity contribution in [3.8, 4) is 11.1 Å². The molecule has 27 heavy (non-hydrogen) atoms. The lowest BCUT2D eigenvalue weighted by molar-refractivity contribution is -0.134. The van der Waals surface area contributed by atoms with Crippen LogP contribution in [0.4, 0.5) is 0 Å². The molecule has 1 fully saturated rings. The Bertz CT molecular complexity index is 934. The first-order chi connectivity index (χ1) is 13.2. The van der Waals surface area contributed by atoms with Gasteiger partial charge in [0, 0.05) is 36.2 Å². The number of carbonyl (C=O) groups is 1. The second-order valence-corrected chi connectivity index (χ2v) is 8.41. The summed E-state index contributed by atoms with van der Waals surface area (Å²) in [5.74, 6) is 0.908. The van der Waals surface area contributed by atoms with Gasteiger partial charge in [-0.3, -0.25) is 4.79 Å². The third kappa shape index (κ3) is 4.15. The van der Waals surface area contributed by atoms with Crippen LogP contribution in [0.15, 0.2) is 41.0 Å². The minimum atomic E-state index is 0.195. The van der Waals surface area contributed by atoms with E-state index in [9.17, 15) is 4.79 Å². The smallest absolute Gasteiger partial charge is 0.223 e. The molecule has 1 aliphatic heterocycles. The van der Waals surface area contributed by atoms with Crippen molar-refractivity contribution in [2.24, 2.45) is 0 Å². The van der Waals surface area contributed by atoms with Crippen molar-refractivity contribution in [1.29, 1.82) is 0 Å². The van der Waals surface area contributed by atoms with Gasteiger partial charge in [-0.15, -0.1) is 23.1 Å². The summed E-state index contributed by atoms with van der Waals surface area (Å²) in [5, 5.41) is 4.19. The predicted molar refractivity (Wildman–Crippen MR) is 110 cm³/mol. The summed E-state index contributed by atoms with van der Waals surface area (Å²) >= 11 is 3.27. The van der Waals surface area contributed by atoms with Gasteiger partial charge in [-0.25, -0.2) is 9.97 Å². The molecule has 1 amide bonds. The second-order valence-electron chi connectivity index (χ2n) is 6.47. The molecule has 0 atom stereocenters. The fourth-order valence-corrected chi connectivity index (χ4v) is 5.03. The van der Waals surface area contributed by atoms with E-state index >= 15 is 0 Å². The average Bonchev–Trinajstić information content (AvgIpc) is 3.14. The van der Waals surface area contributed by atoms with E-state index in [1.54, 1.807) is 29.4 Å². The number of aromatic nitrogens is 2. The second kappa shape index (κ2) is 8.37. The summed E-state index contributed by atoms with van der Waals surface area (Å²) in [6, 6.07) is 8.52. The number of aryl methyl sites for hydroxylation is 1. The maximum absolute atomic E-state index is 12.3. The number of thiophene rings is 1. The Hall–Kier alpha value is -1.96. The van der Waals surface area contributed by atoms with Crippen molar-refractivity contribution in [2.75, 3.05) is 32.1 Å². The Morgan fingerprint density at radius 1 is 1.22 bits per heavy atom. The zero-order valence-electron chi connectivity index (χ0n) is 15.2. The zero-order chi connectivity index (χ0) is 18.6. The SMILES string of the molecule is Cc1ccc(-c2csc3ncnc(SCCC(=O)N4CCOCC4)c23)cc1. The minimum absolute atomic E-state index is 0.195. The first-order valence-corrected chi connectivity index (χ1v) is 10.9. The number of thioether (sulfide) groups is 1. The molecule has 0 bridgehead atoms. The van der Waals surface area contributed by atoms with Crippen LogP contribution in [0.25, 0.3) is 21.3 Å². The zero-order valence-corrected chi connectivity index (χ0v) is 16.8. The van der Waals surface area contributed by atoms with Gasteiger partial charge in [-0.1, -0.05) is 29.8 Å². The van der Waals surface area contributed by atoms with Gasteiger partial charge in [0.2, 0.25) is 5.91 Å². The van der Waals surface area contributed by atoms with Gasteiger partial charge in [-0.05, 0) is 12.5 Å². The van der Waals surface area contributed by atoms with E-state index in [4.69, 9.17) is 4.74 Å². The molecule has 0 aliphatic carbocycles. The summed E-state index contributed by atoms with van der Waals surface area (Å²) in [7, 11) is 0. The fraction of sp³-hybridized carbons (Fsp3) is 0.350. The highest BCUT2D eigenvalue weighted by Gasteiger charge is 2.18. The highest BCUT2D eigenvalue weighted by atomic mass is 32.2. The molecule has 5 nitrogen and oxygen atoms in total. The molecule has 140 valence electrons. The van der Waals surface area contributed by atoms with E-state index in [2.05, 4.69) is 46.5 Å². The number of amides is 1. The molecule has 1 aromatic carbocycles. The number of hydrogen-bond donors (Lipinski definition) is 0. The minimum Gasteiger partial charge on any atom is -0.378 e. The molecule has 0 radical (unpaired) electrons. The largest absolute Gasteiger partial charge is 0.378 e. The summed E-state index contributed by atoms with van der Waals surface area (Å²) < 4.78 is 5.31. The highest BCUT2D eigenvalue weighted by Crippen LogP contribution is 2.38. The van der Waals surface area contributed by atoms with Crippen molar-refractivity contribution >= 4 is 39.2 Å². The van der Waals surface area contributed by atoms with E-state index in [0.717, 1.165) is 20.8 Å². The number of nitrogens with zero attached hydrogens (tertiary/aromatic N) is 3. The third-order valence-corrected chi connectivity index (χ3v) is 6.49. The van der Waals surface area contributed by atoms with Gasteiger partial charge in [0.25, 0.3) is 0 Å². The Balaban J connectivity index is 1.51. The Kier molecular flexibility index (Phi) is 5.71. The molecule has 0 unspecified atom stereocenters. The predicted octanol–water partition coefficient (Wildman–Crippen LogP) is 4.01. The lowest BCUT2D eigenvalue weighted by Gasteiger charge is -2.26. The molecule has 0 N–H and O–H groups in total. The molecule has 7 heteroatoms. The molecule has 3 heterocycles. The van der Waals surface area contributed by atoms with Crippen molar-refractivity contribution in [2.45, 2.75) is 18.4 Å². The number of hydrogen-bond acceptors (Lipinski definition) is 6. The highest BCUT2D eigenvalue weighted by molar-refractivity contribution is 7.99. The number of morpholine rings is 1. The van der Waals surface area contributed by atoms with E-state index in [1.807, 2.05) is 4.90 Å². The van der Waals surface area contributed by atoms with Crippen molar-refractivity contribution in [3.63, 3.8) is 0 Å². The number of ether oxygens (including phenoxy) is 1. The summed E-state index contributed by atoms with van der Waals surface area (Å²) in [5.41, 5.74) is 3.58. The van der Waals surface area contributed by atoms with Crippen LogP contribution in [0.1, 0.15) is 12.0 Å². The van der Waals surface area contributed by atoms with E-state index in [1.165, 1.54) is 11.1 Å². The molecule has 1 saturated heterocycles. The summed E-state index contributed by atoms with van der Waals surface area (Å²) in [6.45, 7) is 4.76. The van der Waals surface area contributed by atoms with Crippen LogP contribution < -0.4 is 0 Å². The molecule has 0 spiro atoms. The maximum Gasteiger partial charge on any atom is 0.223 e. The topological polar surface area (TPSA) is 55.3 Å². The van der Waals surface area contributed by atoms with Gasteiger partial charge in [0.1, 0.15) is 16.2 Å². The standard InChI is InChI=1S/C20H21N3O2S2/c1-14-2-4-15(5-3-14)16-12-27-20-18(16)19(21-13-22-20)26-11-6-17(24)23-7-9-25-10-8-23/h2-5,12-13H,6-11H2,1H3. The quantitative estimate of drug-likeness (QED) is 0.479. The van der Waals surface area contributed by atoms with Crippen LogP contribution in [-0.2, 0) is 9.53 Å². The van der Waals surface area contributed by atoms with Crippen LogP contribution >= 0.6 is 23.1 Å². The van der Waals surface area contributed by atoms with Gasteiger partial charge in [-0.2, -0.15) is 0 Å². The Morgan fingerprint density at radius 3 is 2.78 bits per heavy atom. The first-order valence-electron chi connectivity index (χ1n) is 9.00. The molecular weight excluding hydrogens is 378 g/mol. The van der Waals surface area contributed by atoms with Crippen molar-refractivity contribution < 1.29 is 9.53 Å². The van der Waals surface area contributed by atoms with E-state index in [0.29, 0.717) is 38.5 Å². The third-order valence-electron chi connectivity index (χ3n) is 4.62. The van der Waals surface area contributed by atoms with Gasteiger partial charge in [0.05, 0.1) is 18.6 Å². The van der Waals surface area contributed by atoms with Gasteiger partial charge >= 0.3 is 0 Å². The maximum atomic E-state index is 12.3. The Labute approximate surface area is 166 Å². The number of carbonyl (C=O) groups excluding carboxylic acids is 1. The normalized spacial score (nSPS) is 14.6. The summed E-state index contributed by atoms with van der Waals surface area (Å²) in [4.78, 5) is 24.2. The first kappa shape index (κ1) is 18.4. The van der Waals surface area contributed by atoms with Gasteiger partial charge in [0.15, 0.2) is 0 Å². The van der Waals surface area contributed by atoms with Crippen LogP contribution in [0.5, 0.6) is 0 Å². The number of fused-ring (bicyclic) bond motifs is 1.